The predicted octanol–water partition coefficient (Wildman–Crippen LogP) is 2.96. The van der Waals surface area contributed by atoms with Crippen LogP contribution in [0.2, 0.25) is 0 Å². The van der Waals surface area contributed by atoms with Crippen LogP contribution in [0.15, 0.2) is 18.2 Å². The monoisotopic (exact) mass is 247 g/mol. The van der Waals surface area contributed by atoms with Gasteiger partial charge in [0.1, 0.15) is 11.5 Å². The molecule has 0 saturated carbocycles. The summed E-state index contributed by atoms with van der Waals surface area (Å²) in [6.07, 6.45) is 0. The van der Waals surface area contributed by atoms with Gasteiger partial charge in [0.25, 0.3) is 0 Å². The van der Waals surface area contributed by atoms with Crippen molar-refractivity contribution < 1.29 is 14.2 Å². The first-order valence-electron chi connectivity index (χ1n) is 5.86. The van der Waals surface area contributed by atoms with Crippen molar-refractivity contribution in [2.75, 3.05) is 20.8 Å². The van der Waals surface area contributed by atoms with Crippen LogP contribution in [0.1, 0.15) is 12.5 Å². The van der Waals surface area contributed by atoms with Crippen LogP contribution in [0, 0.1) is 6.92 Å². The molecule has 0 aliphatic carbocycles. The molecule has 0 aliphatic heterocycles. The van der Waals surface area contributed by atoms with Crippen molar-refractivity contribution in [3.05, 3.63) is 23.8 Å². The molecule has 1 heterocycles. The van der Waals surface area contributed by atoms with Crippen LogP contribution < -0.4 is 14.2 Å². The van der Waals surface area contributed by atoms with E-state index in [1.165, 1.54) is 0 Å². The van der Waals surface area contributed by atoms with Crippen LogP contribution in [0.3, 0.4) is 0 Å². The highest BCUT2D eigenvalue weighted by molar-refractivity contribution is 5.89. The molecule has 0 spiro atoms. The summed E-state index contributed by atoms with van der Waals surface area (Å²) in [5.74, 6) is 2.14. The number of methoxy groups -OCH3 is 2. The molecule has 1 aromatic carbocycles. The topological polar surface area (TPSA) is 40.6 Å². The van der Waals surface area contributed by atoms with Crippen molar-refractivity contribution in [2.45, 2.75) is 13.8 Å². The maximum Gasteiger partial charge on any atom is 0.217 e. The van der Waals surface area contributed by atoms with Gasteiger partial charge in [-0.25, -0.2) is 4.98 Å². The van der Waals surface area contributed by atoms with Crippen molar-refractivity contribution >= 4 is 10.9 Å². The predicted molar refractivity (Wildman–Crippen MR) is 70.8 cm³/mol. The average Bonchev–Trinajstić information content (AvgIpc) is 2.39. The molecule has 4 heteroatoms. The Kier molecular flexibility index (Phi) is 3.55. The molecule has 2 aromatic rings. The molecule has 0 saturated heterocycles. The van der Waals surface area contributed by atoms with Gasteiger partial charge >= 0.3 is 0 Å². The number of hydrogen-bond acceptors (Lipinski definition) is 4. The van der Waals surface area contributed by atoms with Crippen molar-refractivity contribution in [3.63, 3.8) is 0 Å². The summed E-state index contributed by atoms with van der Waals surface area (Å²) in [6.45, 7) is 4.48. The van der Waals surface area contributed by atoms with E-state index in [4.69, 9.17) is 14.2 Å². The molecule has 0 amide bonds. The first kappa shape index (κ1) is 12.5. The van der Waals surface area contributed by atoms with Gasteiger partial charge in [0.15, 0.2) is 0 Å². The fraction of sp³-hybridized carbons (Fsp3) is 0.357. The highest BCUT2D eigenvalue weighted by Crippen LogP contribution is 2.33. The third-order valence-electron chi connectivity index (χ3n) is 2.86. The fourth-order valence-electron chi connectivity index (χ4n) is 1.97. The van der Waals surface area contributed by atoms with Gasteiger partial charge in [-0.1, -0.05) is 0 Å². The number of fused-ring (bicyclic) bond motifs is 1. The molecular weight excluding hydrogens is 230 g/mol. The highest BCUT2D eigenvalue weighted by atomic mass is 16.5. The van der Waals surface area contributed by atoms with Gasteiger partial charge in [-0.15, -0.1) is 0 Å². The zero-order valence-electron chi connectivity index (χ0n) is 11.1. The normalized spacial score (nSPS) is 10.4. The zero-order valence-corrected chi connectivity index (χ0v) is 11.1. The Hall–Kier alpha value is -1.97. The largest absolute Gasteiger partial charge is 0.496 e. The van der Waals surface area contributed by atoms with Crippen LogP contribution >= 0.6 is 0 Å². The van der Waals surface area contributed by atoms with Crippen LogP contribution in [0.5, 0.6) is 17.4 Å². The maximum absolute atomic E-state index is 5.45. The van der Waals surface area contributed by atoms with Crippen molar-refractivity contribution in [3.8, 4) is 17.4 Å². The number of nitrogens with zero attached hydrogens (tertiary/aromatic N) is 1. The first-order chi connectivity index (χ1) is 8.71. The molecule has 0 fully saturated rings. The molecule has 0 aliphatic rings. The molecule has 96 valence electrons. The van der Waals surface area contributed by atoms with Crippen molar-refractivity contribution in [1.82, 2.24) is 4.98 Å². The van der Waals surface area contributed by atoms with E-state index in [2.05, 4.69) is 4.98 Å². The van der Waals surface area contributed by atoms with E-state index >= 15 is 0 Å². The number of rotatable bonds is 4. The Bertz CT molecular complexity index is 566. The minimum atomic E-state index is 0.568. The number of pyridine rings is 1. The second kappa shape index (κ2) is 5.12. The third-order valence-corrected chi connectivity index (χ3v) is 2.86. The van der Waals surface area contributed by atoms with Crippen LogP contribution in [-0.4, -0.2) is 25.8 Å². The summed E-state index contributed by atoms with van der Waals surface area (Å²) in [5.41, 5.74) is 1.83. The second-order valence-electron chi connectivity index (χ2n) is 3.88. The summed E-state index contributed by atoms with van der Waals surface area (Å²) >= 11 is 0. The number of aryl methyl sites for hydroxylation is 1. The molecule has 4 nitrogen and oxygen atoms in total. The van der Waals surface area contributed by atoms with Crippen molar-refractivity contribution in [1.29, 1.82) is 0 Å². The summed E-state index contributed by atoms with van der Waals surface area (Å²) in [7, 11) is 3.29. The summed E-state index contributed by atoms with van der Waals surface area (Å²) in [4.78, 5) is 4.50. The number of benzene rings is 1. The summed E-state index contributed by atoms with van der Waals surface area (Å²) in [6, 6.07) is 5.67. The molecule has 0 N–H and O–H groups in total. The van der Waals surface area contributed by atoms with Crippen LogP contribution in [0.25, 0.3) is 10.9 Å². The van der Waals surface area contributed by atoms with Gasteiger partial charge in [-0.3, -0.25) is 0 Å². The third kappa shape index (κ3) is 2.06. The molecule has 0 unspecified atom stereocenters. The lowest BCUT2D eigenvalue weighted by Crippen LogP contribution is -1.98. The second-order valence-corrected chi connectivity index (χ2v) is 3.88. The van der Waals surface area contributed by atoms with Crippen LogP contribution in [0.4, 0.5) is 0 Å². The van der Waals surface area contributed by atoms with Gasteiger partial charge in [0, 0.05) is 17.0 Å². The van der Waals surface area contributed by atoms with Gasteiger partial charge in [-0.2, -0.15) is 0 Å². The van der Waals surface area contributed by atoms with E-state index in [1.54, 1.807) is 20.3 Å². The van der Waals surface area contributed by atoms with E-state index < -0.39 is 0 Å². The molecule has 2 rings (SSSR count). The van der Waals surface area contributed by atoms with Crippen molar-refractivity contribution in [2.24, 2.45) is 0 Å². The van der Waals surface area contributed by atoms with E-state index in [9.17, 15) is 0 Å². The SMILES string of the molecule is CCOc1cc(OC)c2ccc(OC)c(C)c2n1. The maximum atomic E-state index is 5.45. The van der Waals surface area contributed by atoms with Gasteiger partial charge in [0.2, 0.25) is 5.88 Å². The number of aromatic nitrogens is 1. The molecule has 0 radical (unpaired) electrons. The minimum Gasteiger partial charge on any atom is -0.496 e. The Balaban J connectivity index is 2.71. The van der Waals surface area contributed by atoms with E-state index in [1.807, 2.05) is 26.0 Å². The molecule has 1 aromatic heterocycles. The van der Waals surface area contributed by atoms with Gasteiger partial charge < -0.3 is 14.2 Å². The zero-order chi connectivity index (χ0) is 13.1. The minimum absolute atomic E-state index is 0.568. The summed E-state index contributed by atoms with van der Waals surface area (Å²) < 4.78 is 16.1. The molecule has 0 atom stereocenters. The Labute approximate surface area is 106 Å². The van der Waals surface area contributed by atoms with Gasteiger partial charge in [-0.05, 0) is 26.0 Å². The smallest absolute Gasteiger partial charge is 0.217 e. The Morgan fingerprint density at radius 2 is 1.83 bits per heavy atom. The highest BCUT2D eigenvalue weighted by Gasteiger charge is 2.11. The number of ether oxygens (including phenoxy) is 3. The number of hydrogen-bond donors (Lipinski definition) is 0. The first-order valence-corrected chi connectivity index (χ1v) is 5.86. The van der Waals surface area contributed by atoms with E-state index in [0.717, 1.165) is 28.0 Å². The lowest BCUT2D eigenvalue weighted by atomic mass is 10.1. The average molecular weight is 247 g/mol. The molecular formula is C14H17NO3. The van der Waals surface area contributed by atoms with Crippen LogP contribution in [-0.2, 0) is 0 Å². The molecule has 0 bridgehead atoms. The van der Waals surface area contributed by atoms with Gasteiger partial charge in [0.05, 0.1) is 26.3 Å². The Morgan fingerprint density at radius 3 is 2.44 bits per heavy atom. The lowest BCUT2D eigenvalue weighted by Gasteiger charge is -2.12. The standard InChI is InChI=1S/C14H17NO3/c1-5-18-13-8-12(17-4)10-6-7-11(16-3)9(2)14(10)15-13/h6-8H,5H2,1-4H3. The lowest BCUT2D eigenvalue weighted by molar-refractivity contribution is 0.324. The quantitative estimate of drug-likeness (QED) is 0.832. The van der Waals surface area contributed by atoms with E-state index in [-0.39, 0.29) is 0 Å². The van der Waals surface area contributed by atoms with E-state index in [0.29, 0.717) is 12.5 Å². The molecule has 18 heavy (non-hydrogen) atoms. The summed E-state index contributed by atoms with van der Waals surface area (Å²) in [5, 5.41) is 0.958. The Morgan fingerprint density at radius 1 is 1.11 bits per heavy atom. The fourth-order valence-corrected chi connectivity index (χ4v) is 1.97.